The zero-order chi connectivity index (χ0) is 18.0. The molecule has 1 aliphatic rings. The number of benzene rings is 1. The number of aromatic hydroxyl groups is 1. The molecule has 1 heterocycles. The molecule has 6 nitrogen and oxygen atoms in total. The molecule has 9 heteroatoms. The number of imide groups is 1. The number of rotatable bonds is 4. The molecule has 0 aromatic heterocycles. The summed E-state index contributed by atoms with van der Waals surface area (Å²) in [5, 5.41) is 9.29. The largest absolute Gasteiger partial charge is 0.506 e. The molecule has 1 fully saturated rings. The normalized spacial score (nSPS) is 17.5. The number of esters is 1. The third-order valence-corrected chi connectivity index (χ3v) is 5.70. The molecule has 0 radical (unpaired) electrons. The van der Waals surface area contributed by atoms with Crippen LogP contribution < -0.4 is 0 Å². The lowest BCUT2D eigenvalue weighted by Gasteiger charge is -2.19. The lowest BCUT2D eigenvalue weighted by Crippen LogP contribution is -2.42. The summed E-state index contributed by atoms with van der Waals surface area (Å²) in [6, 6.07) is 2.45. The van der Waals surface area contributed by atoms with Gasteiger partial charge in [-0.25, -0.2) is 4.79 Å². The molecule has 0 unspecified atom stereocenters. The number of thioether (sulfide) groups is 1. The van der Waals surface area contributed by atoms with Crippen LogP contribution in [0.3, 0.4) is 0 Å². The van der Waals surface area contributed by atoms with Crippen LogP contribution in [0.15, 0.2) is 17.0 Å². The van der Waals surface area contributed by atoms with E-state index in [2.05, 4.69) is 0 Å². The van der Waals surface area contributed by atoms with E-state index in [-0.39, 0.29) is 17.3 Å². The fraction of sp³-hybridized carbons (Fsp3) is 0.267. The number of carbonyl (C=O) groups excluding carboxylic acids is 3. The van der Waals surface area contributed by atoms with Crippen molar-refractivity contribution < 1.29 is 24.2 Å². The molecule has 0 saturated carbocycles. The van der Waals surface area contributed by atoms with E-state index in [0.29, 0.717) is 12.7 Å². The molecular weight excluding hydrogens is 560 g/mol. The Morgan fingerprint density at radius 2 is 1.96 bits per heavy atom. The topological polar surface area (TPSA) is 83.9 Å². The predicted molar refractivity (Wildman–Crippen MR) is 107 cm³/mol. The number of hydrogen-bond acceptors (Lipinski definition) is 6. The van der Waals surface area contributed by atoms with Crippen molar-refractivity contribution in [3.63, 3.8) is 0 Å². The molecule has 1 N–H and O–H groups in total. The minimum atomic E-state index is -0.969. The lowest BCUT2D eigenvalue weighted by atomic mass is 10.2. The maximum absolute atomic E-state index is 12.5. The number of nitrogens with zero attached hydrogens (tertiary/aromatic N) is 1. The Labute approximate surface area is 170 Å². The number of amides is 2. The number of ether oxygens (including phenoxy) is 1. The Morgan fingerprint density at radius 1 is 1.38 bits per heavy atom. The first-order valence-electron chi connectivity index (χ1n) is 6.88. The second kappa shape index (κ2) is 8.04. The molecule has 2 rings (SSSR count). The first-order valence-corrected chi connectivity index (χ1v) is 9.85. The van der Waals surface area contributed by atoms with Gasteiger partial charge in [0, 0.05) is 0 Å². The van der Waals surface area contributed by atoms with Gasteiger partial charge < -0.3 is 9.84 Å². The highest BCUT2D eigenvalue weighted by atomic mass is 127. The SMILES string of the molecule is CCOC(=O)[C@@H](C)N1C(=O)S/C(=C/c2cc(I)c(O)c(I)c2)C1=O. The number of hydrogen-bond donors (Lipinski definition) is 1. The van der Waals surface area contributed by atoms with Crippen LogP contribution in [0.5, 0.6) is 5.75 Å². The van der Waals surface area contributed by atoms with Crippen LogP contribution in [0.4, 0.5) is 4.79 Å². The van der Waals surface area contributed by atoms with Crippen LogP contribution in [0.1, 0.15) is 19.4 Å². The lowest BCUT2D eigenvalue weighted by molar-refractivity contribution is -0.150. The highest BCUT2D eigenvalue weighted by Crippen LogP contribution is 2.35. The van der Waals surface area contributed by atoms with E-state index in [9.17, 15) is 19.5 Å². The van der Waals surface area contributed by atoms with Crippen LogP contribution in [-0.4, -0.2) is 39.8 Å². The highest BCUT2D eigenvalue weighted by molar-refractivity contribution is 14.1. The Balaban J connectivity index is 2.30. The van der Waals surface area contributed by atoms with Crippen molar-refractivity contribution in [3.05, 3.63) is 29.7 Å². The number of halogens is 2. The summed E-state index contributed by atoms with van der Waals surface area (Å²) in [4.78, 5) is 37.5. The molecule has 1 atom stereocenters. The Hall–Kier alpha value is -0.820. The fourth-order valence-corrected chi connectivity index (χ4v) is 4.73. The van der Waals surface area contributed by atoms with Gasteiger partial charge in [-0.15, -0.1) is 0 Å². The van der Waals surface area contributed by atoms with Gasteiger partial charge in [0.1, 0.15) is 11.8 Å². The molecule has 1 saturated heterocycles. The van der Waals surface area contributed by atoms with Crippen molar-refractivity contribution in [2.75, 3.05) is 6.61 Å². The Kier molecular flexibility index (Phi) is 6.53. The van der Waals surface area contributed by atoms with Crippen molar-refractivity contribution in [3.8, 4) is 5.75 Å². The van der Waals surface area contributed by atoms with Crippen molar-refractivity contribution in [1.82, 2.24) is 4.90 Å². The van der Waals surface area contributed by atoms with Crippen LogP contribution in [-0.2, 0) is 14.3 Å². The van der Waals surface area contributed by atoms with Gasteiger partial charge in [-0.3, -0.25) is 14.5 Å². The zero-order valence-corrected chi connectivity index (χ0v) is 17.8. The van der Waals surface area contributed by atoms with Gasteiger partial charge in [-0.1, -0.05) is 0 Å². The Morgan fingerprint density at radius 3 is 2.50 bits per heavy atom. The maximum Gasteiger partial charge on any atom is 0.329 e. The van der Waals surface area contributed by atoms with Crippen LogP contribution >= 0.6 is 56.9 Å². The van der Waals surface area contributed by atoms with Gasteiger partial charge in [0.2, 0.25) is 0 Å². The average Bonchev–Trinajstić information content (AvgIpc) is 2.78. The molecule has 128 valence electrons. The zero-order valence-electron chi connectivity index (χ0n) is 12.7. The first kappa shape index (κ1) is 19.5. The standard InChI is InChI=1S/C15H13I2NO5S/c1-3-23-14(21)7(2)18-13(20)11(24-15(18)22)6-8-4-9(16)12(19)10(17)5-8/h4-7,19H,3H2,1-2H3/b11-6+/t7-/m1/s1. The van der Waals surface area contributed by atoms with E-state index >= 15 is 0 Å². The summed E-state index contributed by atoms with van der Waals surface area (Å²) in [5.74, 6) is -0.962. The quantitative estimate of drug-likeness (QED) is 0.337. The molecule has 0 spiro atoms. The molecule has 0 bridgehead atoms. The van der Waals surface area contributed by atoms with Gasteiger partial charge >= 0.3 is 5.97 Å². The average molecular weight is 573 g/mol. The summed E-state index contributed by atoms with van der Waals surface area (Å²) in [7, 11) is 0. The summed E-state index contributed by atoms with van der Waals surface area (Å²) >= 11 is 4.76. The minimum Gasteiger partial charge on any atom is -0.506 e. The molecule has 1 aromatic carbocycles. The van der Waals surface area contributed by atoms with E-state index in [1.165, 1.54) is 6.92 Å². The smallest absolute Gasteiger partial charge is 0.329 e. The van der Waals surface area contributed by atoms with Crippen molar-refractivity contribution >= 4 is 80.1 Å². The molecular formula is C15H13I2NO5S. The summed E-state index contributed by atoms with van der Waals surface area (Å²) in [6.07, 6.45) is 1.58. The first-order chi connectivity index (χ1) is 11.3. The minimum absolute atomic E-state index is 0.178. The van der Waals surface area contributed by atoms with E-state index in [1.54, 1.807) is 25.1 Å². The molecule has 0 aliphatic carbocycles. The maximum atomic E-state index is 12.5. The molecule has 1 aromatic rings. The van der Waals surface area contributed by atoms with Crippen LogP contribution in [0, 0.1) is 7.14 Å². The number of phenols is 1. The fourth-order valence-electron chi connectivity index (χ4n) is 2.00. The second-order valence-corrected chi connectivity index (χ2v) is 8.13. The monoisotopic (exact) mass is 573 g/mol. The third-order valence-electron chi connectivity index (χ3n) is 3.18. The highest BCUT2D eigenvalue weighted by Gasteiger charge is 2.41. The van der Waals surface area contributed by atoms with E-state index in [4.69, 9.17) is 4.74 Å². The summed E-state index contributed by atoms with van der Waals surface area (Å²) in [6.45, 7) is 3.30. The van der Waals surface area contributed by atoms with E-state index < -0.39 is 23.2 Å². The summed E-state index contributed by atoms with van der Waals surface area (Å²) in [5.41, 5.74) is 0.691. The molecule has 1 aliphatic heterocycles. The van der Waals surface area contributed by atoms with Gasteiger partial charge in [0.05, 0.1) is 18.7 Å². The third kappa shape index (κ3) is 4.04. The molecule has 24 heavy (non-hydrogen) atoms. The van der Waals surface area contributed by atoms with Crippen molar-refractivity contribution in [2.45, 2.75) is 19.9 Å². The van der Waals surface area contributed by atoms with Gasteiger partial charge in [-0.05, 0) is 94.6 Å². The van der Waals surface area contributed by atoms with Gasteiger partial charge in [0.15, 0.2) is 0 Å². The number of carbonyl (C=O) groups is 3. The molecule has 2 amide bonds. The number of phenolic OH excluding ortho intramolecular Hbond substituents is 1. The predicted octanol–water partition coefficient (Wildman–Crippen LogP) is 3.59. The van der Waals surface area contributed by atoms with Crippen LogP contribution in [0.25, 0.3) is 6.08 Å². The van der Waals surface area contributed by atoms with Crippen LogP contribution in [0.2, 0.25) is 0 Å². The van der Waals surface area contributed by atoms with Crippen molar-refractivity contribution in [2.24, 2.45) is 0 Å². The van der Waals surface area contributed by atoms with E-state index in [0.717, 1.165) is 16.7 Å². The summed E-state index contributed by atoms with van der Waals surface area (Å²) < 4.78 is 6.15. The van der Waals surface area contributed by atoms with Crippen molar-refractivity contribution in [1.29, 1.82) is 0 Å². The van der Waals surface area contributed by atoms with E-state index in [1.807, 2.05) is 45.2 Å². The van der Waals surface area contributed by atoms with Gasteiger partial charge in [0.25, 0.3) is 11.1 Å². The Bertz CT molecular complexity index is 726. The second-order valence-electron chi connectivity index (χ2n) is 4.81. The van der Waals surface area contributed by atoms with Gasteiger partial charge in [-0.2, -0.15) is 0 Å².